The highest BCUT2D eigenvalue weighted by Crippen LogP contribution is 2.44. The number of aliphatic carboxylic acids is 1. The van der Waals surface area contributed by atoms with Gasteiger partial charge in [0.2, 0.25) is 5.91 Å². The number of ether oxygens (including phenoxy) is 1. The smallest absolute Gasteiger partial charge is 0.407 e. The zero-order valence-electron chi connectivity index (χ0n) is 21.1. The summed E-state index contributed by atoms with van der Waals surface area (Å²) >= 11 is 0. The number of hydrogen-bond donors (Lipinski definition) is 2. The van der Waals surface area contributed by atoms with Crippen molar-refractivity contribution in [2.75, 3.05) is 40.3 Å². The first-order valence-corrected chi connectivity index (χ1v) is 11.8. The molecule has 2 aromatic rings. The van der Waals surface area contributed by atoms with E-state index in [4.69, 9.17) is 4.74 Å². The van der Waals surface area contributed by atoms with E-state index in [1.807, 2.05) is 76.2 Å². The summed E-state index contributed by atoms with van der Waals surface area (Å²) in [6.45, 7) is 5.90. The zero-order valence-corrected chi connectivity index (χ0v) is 21.1. The van der Waals surface area contributed by atoms with Crippen molar-refractivity contribution in [1.82, 2.24) is 15.1 Å². The monoisotopic (exact) mass is 481 g/mol. The van der Waals surface area contributed by atoms with Crippen LogP contribution in [0.2, 0.25) is 0 Å². The van der Waals surface area contributed by atoms with Crippen molar-refractivity contribution in [2.45, 2.75) is 32.7 Å². The van der Waals surface area contributed by atoms with E-state index in [-0.39, 0.29) is 19.1 Å². The van der Waals surface area contributed by atoms with Gasteiger partial charge < -0.3 is 25.0 Å². The fraction of sp³-hybridized carbons (Fsp3) is 0.444. The number of carboxylic acid groups (broad SMARTS) is 1. The van der Waals surface area contributed by atoms with E-state index < -0.39 is 36.0 Å². The molecule has 2 aromatic carbocycles. The van der Waals surface area contributed by atoms with Gasteiger partial charge in [-0.05, 0) is 41.8 Å². The van der Waals surface area contributed by atoms with Crippen LogP contribution >= 0.6 is 0 Å². The minimum absolute atomic E-state index is 0.0967. The summed E-state index contributed by atoms with van der Waals surface area (Å²) < 4.78 is 5.63. The Hall–Kier alpha value is -3.39. The minimum atomic E-state index is -1.11. The molecule has 0 bridgehead atoms. The van der Waals surface area contributed by atoms with Crippen molar-refractivity contribution in [3.63, 3.8) is 0 Å². The van der Waals surface area contributed by atoms with Gasteiger partial charge in [0.1, 0.15) is 19.2 Å². The number of nitrogens with zero attached hydrogens (tertiary/aromatic N) is 2. The maximum absolute atomic E-state index is 13.3. The zero-order chi connectivity index (χ0) is 25.8. The highest BCUT2D eigenvalue weighted by Gasteiger charge is 2.37. The van der Waals surface area contributed by atoms with E-state index in [0.29, 0.717) is 6.54 Å². The minimum Gasteiger partial charge on any atom is -0.480 e. The maximum atomic E-state index is 13.3. The summed E-state index contributed by atoms with van der Waals surface area (Å²) in [5, 5.41) is 12.0. The number of nitrogens with one attached hydrogen (secondary N) is 1. The van der Waals surface area contributed by atoms with E-state index in [9.17, 15) is 19.5 Å². The summed E-state index contributed by atoms with van der Waals surface area (Å²) in [6, 6.07) is 15.2. The number of alkyl carbamates (subject to hydrolysis) is 1. The van der Waals surface area contributed by atoms with Gasteiger partial charge in [-0.2, -0.15) is 0 Å². The Morgan fingerprint density at radius 1 is 0.971 bits per heavy atom. The lowest BCUT2D eigenvalue weighted by molar-refractivity contribution is -0.146. The first kappa shape index (κ1) is 26.2. The molecule has 188 valence electrons. The van der Waals surface area contributed by atoms with Gasteiger partial charge in [0.05, 0.1) is 0 Å². The van der Waals surface area contributed by atoms with Crippen molar-refractivity contribution in [3.8, 4) is 11.1 Å². The number of likely N-dealkylation sites (N-methyl/N-ethyl adjacent to an activating group) is 1. The van der Waals surface area contributed by atoms with Crippen LogP contribution in [0.3, 0.4) is 0 Å². The maximum Gasteiger partial charge on any atom is 0.407 e. The molecule has 8 nitrogen and oxygen atoms in total. The van der Waals surface area contributed by atoms with Gasteiger partial charge in [0.15, 0.2) is 0 Å². The third-order valence-electron chi connectivity index (χ3n) is 6.17. The molecule has 1 atom stereocenters. The third kappa shape index (κ3) is 6.39. The fourth-order valence-electron chi connectivity index (χ4n) is 4.34. The number of amides is 2. The molecule has 0 aliphatic heterocycles. The second-order valence-corrected chi connectivity index (χ2v) is 10.2. The first-order valence-electron chi connectivity index (χ1n) is 11.8. The van der Waals surface area contributed by atoms with Crippen molar-refractivity contribution < 1.29 is 24.2 Å². The van der Waals surface area contributed by atoms with Crippen LogP contribution in [-0.4, -0.2) is 79.3 Å². The Balaban J connectivity index is 1.72. The number of carbonyl (C=O) groups is 3. The normalized spacial score (nSPS) is 13.7. The van der Waals surface area contributed by atoms with Crippen LogP contribution in [0.15, 0.2) is 48.5 Å². The van der Waals surface area contributed by atoms with Crippen molar-refractivity contribution in [2.24, 2.45) is 5.41 Å². The second-order valence-electron chi connectivity index (χ2n) is 10.2. The molecule has 0 spiro atoms. The Labute approximate surface area is 206 Å². The molecule has 8 heteroatoms. The molecule has 1 aliphatic rings. The van der Waals surface area contributed by atoms with E-state index in [2.05, 4.69) is 17.4 Å². The molecule has 2 N–H and O–H groups in total. The fourth-order valence-corrected chi connectivity index (χ4v) is 4.34. The molecule has 0 saturated carbocycles. The van der Waals surface area contributed by atoms with Crippen molar-refractivity contribution in [1.29, 1.82) is 0 Å². The quantitative estimate of drug-likeness (QED) is 0.570. The Morgan fingerprint density at radius 3 is 2.00 bits per heavy atom. The van der Waals surface area contributed by atoms with E-state index in [1.54, 1.807) is 0 Å². The predicted octanol–water partition coefficient (Wildman–Crippen LogP) is 3.41. The molecule has 0 radical (unpaired) electrons. The molecule has 2 amide bonds. The number of carbonyl (C=O) groups excluding carboxylic acids is 2. The molecular weight excluding hydrogens is 446 g/mol. The van der Waals surface area contributed by atoms with Crippen LogP contribution < -0.4 is 5.32 Å². The van der Waals surface area contributed by atoms with E-state index in [0.717, 1.165) is 22.3 Å². The third-order valence-corrected chi connectivity index (χ3v) is 6.17. The van der Waals surface area contributed by atoms with Crippen molar-refractivity contribution >= 4 is 18.0 Å². The molecule has 0 unspecified atom stereocenters. The van der Waals surface area contributed by atoms with Gasteiger partial charge >= 0.3 is 12.1 Å². The average Bonchev–Trinajstić information content (AvgIpc) is 3.11. The van der Waals surface area contributed by atoms with Crippen LogP contribution in [0.1, 0.15) is 37.8 Å². The second kappa shape index (κ2) is 10.9. The molecular formula is C27H35N3O5. The molecule has 0 aromatic heterocycles. The van der Waals surface area contributed by atoms with Gasteiger partial charge in [-0.3, -0.25) is 9.59 Å². The molecule has 1 aliphatic carbocycles. The molecule has 0 heterocycles. The van der Waals surface area contributed by atoms with Crippen LogP contribution in [0, 0.1) is 5.41 Å². The van der Waals surface area contributed by atoms with Crippen LogP contribution in [0.4, 0.5) is 4.79 Å². The number of hydrogen-bond acceptors (Lipinski definition) is 5. The van der Waals surface area contributed by atoms with Crippen LogP contribution in [0.25, 0.3) is 11.1 Å². The van der Waals surface area contributed by atoms with E-state index >= 15 is 0 Å². The van der Waals surface area contributed by atoms with Gasteiger partial charge in [-0.1, -0.05) is 69.3 Å². The lowest BCUT2D eigenvalue weighted by atomic mass is 9.86. The average molecular weight is 482 g/mol. The van der Waals surface area contributed by atoms with Crippen LogP contribution in [0.5, 0.6) is 0 Å². The number of fused-ring (bicyclic) bond motifs is 3. The molecule has 0 saturated heterocycles. The van der Waals surface area contributed by atoms with E-state index in [1.165, 1.54) is 4.90 Å². The summed E-state index contributed by atoms with van der Waals surface area (Å²) in [7, 11) is 3.69. The summed E-state index contributed by atoms with van der Waals surface area (Å²) in [6.07, 6.45) is -0.706. The Bertz CT molecular complexity index is 1030. The first-order chi connectivity index (χ1) is 16.5. The lowest BCUT2D eigenvalue weighted by Crippen LogP contribution is -2.56. The highest BCUT2D eigenvalue weighted by molar-refractivity contribution is 5.89. The molecule has 35 heavy (non-hydrogen) atoms. The topological polar surface area (TPSA) is 99.2 Å². The summed E-state index contributed by atoms with van der Waals surface area (Å²) in [4.78, 5) is 40.7. The number of rotatable bonds is 9. The standard InChI is InChI=1S/C27H35N3O5/c1-27(2,3)24(25(33)30(16-23(31)32)15-14-29(4)5)28-26(34)35-17-22-20-12-8-6-10-18(20)19-11-7-9-13-21(19)22/h6-13,22,24H,14-17H2,1-5H3,(H,28,34)(H,31,32)/t24-/m1/s1. The Morgan fingerprint density at radius 2 is 1.51 bits per heavy atom. The number of carboxylic acids is 1. The van der Waals surface area contributed by atoms with Crippen molar-refractivity contribution in [3.05, 3.63) is 59.7 Å². The van der Waals surface area contributed by atoms with Crippen LogP contribution in [-0.2, 0) is 14.3 Å². The lowest BCUT2D eigenvalue weighted by Gasteiger charge is -2.34. The molecule has 3 rings (SSSR count). The SMILES string of the molecule is CN(C)CCN(CC(=O)O)C(=O)[C@@H](NC(=O)OCC1c2ccccc2-c2ccccc21)C(C)(C)C. The van der Waals surface area contributed by atoms with Gasteiger partial charge in [-0.15, -0.1) is 0 Å². The van der Waals surface area contributed by atoms with Gasteiger partial charge in [-0.25, -0.2) is 4.79 Å². The largest absolute Gasteiger partial charge is 0.480 e. The highest BCUT2D eigenvalue weighted by atomic mass is 16.5. The Kier molecular flexibility index (Phi) is 8.17. The van der Waals surface area contributed by atoms with Gasteiger partial charge in [0, 0.05) is 19.0 Å². The molecule has 0 fully saturated rings. The predicted molar refractivity (Wildman–Crippen MR) is 134 cm³/mol. The summed E-state index contributed by atoms with van der Waals surface area (Å²) in [5.74, 6) is -1.65. The summed E-state index contributed by atoms with van der Waals surface area (Å²) in [5.41, 5.74) is 3.80. The number of benzene rings is 2. The van der Waals surface area contributed by atoms with Gasteiger partial charge in [0.25, 0.3) is 0 Å².